The number of nitrogens with zero attached hydrogens (tertiary/aromatic N) is 2. The fraction of sp³-hybridized carbons (Fsp3) is 0.800. The van der Waals surface area contributed by atoms with Crippen LogP contribution < -0.4 is 5.32 Å². The lowest BCUT2D eigenvalue weighted by Crippen LogP contribution is -2.38. The van der Waals surface area contributed by atoms with Gasteiger partial charge in [-0.3, -0.25) is 9.69 Å². The number of amides is 3. The maximum absolute atomic E-state index is 11.5. The molecule has 0 bridgehead atoms. The van der Waals surface area contributed by atoms with Crippen LogP contribution in [0.4, 0.5) is 4.79 Å². The third-order valence-electron chi connectivity index (χ3n) is 2.47. The summed E-state index contributed by atoms with van der Waals surface area (Å²) in [6.45, 7) is 6.53. The maximum atomic E-state index is 11.5. The van der Waals surface area contributed by atoms with Gasteiger partial charge in [-0.05, 0) is 19.0 Å². The lowest BCUT2D eigenvalue weighted by atomic mass is 10.1. The SMILES string of the molecule is CCNCC(C)CN1C(=O)CN(C)C1=O. The summed E-state index contributed by atoms with van der Waals surface area (Å²) in [5, 5.41) is 3.20. The van der Waals surface area contributed by atoms with Gasteiger partial charge in [0.2, 0.25) is 5.91 Å². The van der Waals surface area contributed by atoms with Crippen molar-refractivity contribution >= 4 is 11.9 Å². The van der Waals surface area contributed by atoms with Gasteiger partial charge in [0.05, 0.1) is 0 Å². The van der Waals surface area contributed by atoms with Crippen molar-refractivity contribution < 1.29 is 9.59 Å². The highest BCUT2D eigenvalue weighted by Crippen LogP contribution is 2.10. The first-order valence-corrected chi connectivity index (χ1v) is 5.32. The molecule has 5 heteroatoms. The molecule has 1 heterocycles. The van der Waals surface area contributed by atoms with Gasteiger partial charge in [-0.2, -0.15) is 0 Å². The highest BCUT2D eigenvalue weighted by atomic mass is 16.2. The van der Waals surface area contributed by atoms with Crippen LogP contribution in [0.1, 0.15) is 13.8 Å². The molecule has 1 atom stereocenters. The van der Waals surface area contributed by atoms with Crippen molar-refractivity contribution in [3.8, 4) is 0 Å². The Balaban J connectivity index is 2.43. The molecule has 3 amide bonds. The summed E-state index contributed by atoms with van der Waals surface area (Å²) in [6.07, 6.45) is 0. The topological polar surface area (TPSA) is 52.7 Å². The van der Waals surface area contributed by atoms with Crippen LogP contribution in [0.15, 0.2) is 0 Å². The van der Waals surface area contributed by atoms with Gasteiger partial charge >= 0.3 is 6.03 Å². The molecule has 5 nitrogen and oxygen atoms in total. The number of likely N-dealkylation sites (N-methyl/N-ethyl adjacent to an activating group) is 1. The van der Waals surface area contributed by atoms with E-state index in [2.05, 4.69) is 5.32 Å². The van der Waals surface area contributed by atoms with E-state index in [-0.39, 0.29) is 18.5 Å². The Labute approximate surface area is 90.4 Å². The summed E-state index contributed by atoms with van der Waals surface area (Å²) in [5.41, 5.74) is 0. The molecule has 15 heavy (non-hydrogen) atoms. The Bertz CT molecular complexity index is 255. The van der Waals surface area contributed by atoms with Crippen LogP contribution in [-0.4, -0.2) is 55.0 Å². The summed E-state index contributed by atoms with van der Waals surface area (Å²) in [6, 6.07) is -0.177. The second kappa shape index (κ2) is 5.11. The zero-order valence-electron chi connectivity index (χ0n) is 9.62. The molecule has 0 aromatic heterocycles. The fourth-order valence-corrected chi connectivity index (χ4v) is 1.62. The van der Waals surface area contributed by atoms with Crippen molar-refractivity contribution in [2.45, 2.75) is 13.8 Å². The van der Waals surface area contributed by atoms with Crippen molar-refractivity contribution in [2.75, 3.05) is 33.2 Å². The van der Waals surface area contributed by atoms with Crippen molar-refractivity contribution in [3.63, 3.8) is 0 Å². The van der Waals surface area contributed by atoms with E-state index in [0.29, 0.717) is 12.5 Å². The van der Waals surface area contributed by atoms with Crippen molar-refractivity contribution in [2.24, 2.45) is 5.92 Å². The van der Waals surface area contributed by atoms with Gasteiger partial charge in [0.15, 0.2) is 0 Å². The van der Waals surface area contributed by atoms with Crippen LogP contribution in [0.2, 0.25) is 0 Å². The molecule has 0 aliphatic carbocycles. The molecule has 0 aromatic rings. The highest BCUT2D eigenvalue weighted by Gasteiger charge is 2.33. The monoisotopic (exact) mass is 213 g/mol. The number of hydrogen-bond acceptors (Lipinski definition) is 3. The number of carbonyl (C=O) groups is 2. The van der Waals surface area contributed by atoms with Gasteiger partial charge in [0.25, 0.3) is 0 Å². The first kappa shape index (κ1) is 12.0. The number of rotatable bonds is 5. The van der Waals surface area contributed by atoms with Crippen LogP contribution in [0, 0.1) is 5.92 Å². The Morgan fingerprint density at radius 3 is 2.60 bits per heavy atom. The molecule has 0 spiro atoms. The van der Waals surface area contributed by atoms with Crippen LogP contribution >= 0.6 is 0 Å². The number of nitrogens with one attached hydrogen (secondary N) is 1. The van der Waals surface area contributed by atoms with Gasteiger partial charge < -0.3 is 10.2 Å². The predicted molar refractivity (Wildman–Crippen MR) is 57.4 cm³/mol. The Hall–Kier alpha value is -1.10. The second-order valence-electron chi connectivity index (χ2n) is 4.06. The molecule has 1 fully saturated rings. The van der Waals surface area contributed by atoms with Crippen molar-refractivity contribution in [1.82, 2.24) is 15.1 Å². The minimum Gasteiger partial charge on any atom is -0.318 e. The summed E-state index contributed by atoms with van der Waals surface area (Å²) >= 11 is 0. The van der Waals surface area contributed by atoms with Gasteiger partial charge in [-0.15, -0.1) is 0 Å². The van der Waals surface area contributed by atoms with E-state index in [0.717, 1.165) is 13.1 Å². The number of hydrogen-bond donors (Lipinski definition) is 1. The Kier molecular flexibility index (Phi) is 4.08. The van der Waals surface area contributed by atoms with E-state index in [1.165, 1.54) is 9.80 Å². The predicted octanol–water partition coefficient (Wildman–Crippen LogP) is 0.126. The second-order valence-corrected chi connectivity index (χ2v) is 4.06. The molecule has 1 rings (SSSR count). The number of imide groups is 1. The van der Waals surface area contributed by atoms with E-state index in [1.807, 2.05) is 13.8 Å². The molecule has 86 valence electrons. The molecule has 1 N–H and O–H groups in total. The van der Waals surface area contributed by atoms with Crippen LogP contribution in [0.5, 0.6) is 0 Å². The van der Waals surface area contributed by atoms with E-state index >= 15 is 0 Å². The quantitative estimate of drug-likeness (QED) is 0.660. The minimum atomic E-state index is -0.177. The Morgan fingerprint density at radius 2 is 2.13 bits per heavy atom. The van der Waals surface area contributed by atoms with Crippen molar-refractivity contribution in [3.05, 3.63) is 0 Å². The van der Waals surface area contributed by atoms with Crippen LogP contribution in [0.25, 0.3) is 0 Å². The Morgan fingerprint density at radius 1 is 1.47 bits per heavy atom. The third-order valence-corrected chi connectivity index (χ3v) is 2.47. The van der Waals surface area contributed by atoms with Crippen LogP contribution in [-0.2, 0) is 4.79 Å². The highest BCUT2D eigenvalue weighted by molar-refractivity contribution is 6.01. The maximum Gasteiger partial charge on any atom is 0.326 e. The smallest absolute Gasteiger partial charge is 0.318 e. The third kappa shape index (κ3) is 2.92. The van der Waals surface area contributed by atoms with Crippen molar-refractivity contribution in [1.29, 1.82) is 0 Å². The van der Waals surface area contributed by atoms with E-state index in [1.54, 1.807) is 7.05 Å². The molecule has 0 saturated carbocycles. The van der Waals surface area contributed by atoms with E-state index in [4.69, 9.17) is 0 Å². The fourth-order valence-electron chi connectivity index (χ4n) is 1.62. The van der Waals surface area contributed by atoms with Crippen LogP contribution in [0.3, 0.4) is 0 Å². The summed E-state index contributed by atoms with van der Waals surface area (Å²) in [5.74, 6) is 0.204. The zero-order valence-corrected chi connectivity index (χ0v) is 9.62. The molecule has 0 radical (unpaired) electrons. The lowest BCUT2D eigenvalue weighted by Gasteiger charge is -2.19. The minimum absolute atomic E-state index is 0.0918. The average molecular weight is 213 g/mol. The summed E-state index contributed by atoms with van der Waals surface area (Å²) < 4.78 is 0. The van der Waals surface area contributed by atoms with E-state index in [9.17, 15) is 9.59 Å². The van der Waals surface area contributed by atoms with Gasteiger partial charge in [0.1, 0.15) is 6.54 Å². The standard InChI is InChI=1S/C10H19N3O2/c1-4-11-5-8(2)6-13-9(14)7-12(3)10(13)15/h8,11H,4-7H2,1-3H3. The first-order valence-electron chi connectivity index (χ1n) is 5.32. The molecular weight excluding hydrogens is 194 g/mol. The van der Waals surface area contributed by atoms with E-state index < -0.39 is 0 Å². The first-order chi connectivity index (χ1) is 7.06. The zero-order chi connectivity index (χ0) is 11.4. The van der Waals surface area contributed by atoms with Gasteiger partial charge in [-0.25, -0.2) is 4.79 Å². The molecule has 1 unspecified atom stereocenters. The normalized spacial score (nSPS) is 18.9. The summed E-state index contributed by atoms with van der Waals surface area (Å²) in [7, 11) is 1.65. The average Bonchev–Trinajstić information content (AvgIpc) is 2.42. The van der Waals surface area contributed by atoms with Gasteiger partial charge in [0, 0.05) is 13.6 Å². The molecule has 1 aliphatic rings. The molecular formula is C10H19N3O2. The number of carbonyl (C=O) groups excluding carboxylic acids is 2. The molecule has 0 aromatic carbocycles. The number of urea groups is 1. The summed E-state index contributed by atoms with van der Waals surface area (Å²) in [4.78, 5) is 25.8. The molecule has 1 saturated heterocycles. The van der Waals surface area contributed by atoms with Gasteiger partial charge in [-0.1, -0.05) is 13.8 Å². The molecule has 1 aliphatic heterocycles. The largest absolute Gasteiger partial charge is 0.326 e. The lowest BCUT2D eigenvalue weighted by molar-refractivity contribution is -0.125.